The van der Waals surface area contributed by atoms with Crippen LogP contribution in [0.15, 0.2) is 29.1 Å². The number of hydrogen-bond acceptors (Lipinski definition) is 4. The molecule has 0 bridgehead atoms. The molecular weight excluding hydrogens is 358 g/mol. The molecule has 0 spiro atoms. The maximum absolute atomic E-state index is 12.5. The van der Waals surface area contributed by atoms with Gasteiger partial charge < -0.3 is 10.6 Å². The average molecular weight is 385 g/mol. The van der Waals surface area contributed by atoms with Gasteiger partial charge in [0, 0.05) is 19.5 Å². The molecule has 0 saturated carbocycles. The van der Waals surface area contributed by atoms with Crippen LogP contribution in [0.5, 0.6) is 0 Å². The van der Waals surface area contributed by atoms with Gasteiger partial charge in [0.15, 0.2) is 0 Å². The fourth-order valence-corrected chi connectivity index (χ4v) is 3.24. The summed E-state index contributed by atoms with van der Waals surface area (Å²) in [7, 11) is 0. The van der Waals surface area contributed by atoms with E-state index in [0.717, 1.165) is 31.5 Å². The van der Waals surface area contributed by atoms with Gasteiger partial charge in [0.05, 0.1) is 11.3 Å². The van der Waals surface area contributed by atoms with E-state index in [1.807, 2.05) is 13.8 Å². The predicted molar refractivity (Wildman–Crippen MR) is 106 cm³/mol. The molecule has 0 fully saturated rings. The molecule has 150 valence electrons. The third kappa shape index (κ3) is 4.68. The van der Waals surface area contributed by atoms with E-state index in [9.17, 15) is 14.4 Å². The summed E-state index contributed by atoms with van der Waals surface area (Å²) < 4.78 is 2.87. The molecule has 0 saturated heterocycles. The number of nitrogens with zero attached hydrogens (tertiary/aromatic N) is 3. The summed E-state index contributed by atoms with van der Waals surface area (Å²) in [5.74, 6) is 0.437. The van der Waals surface area contributed by atoms with E-state index in [0.29, 0.717) is 30.3 Å². The molecule has 2 N–H and O–H groups in total. The molecule has 2 heterocycles. The Bertz CT molecular complexity index is 913. The lowest BCUT2D eigenvalue weighted by Crippen LogP contribution is -2.31. The van der Waals surface area contributed by atoms with Gasteiger partial charge in [0.2, 0.25) is 5.91 Å². The van der Waals surface area contributed by atoms with Crippen molar-refractivity contribution >= 4 is 17.5 Å². The second kappa shape index (κ2) is 8.86. The molecule has 0 aliphatic carbocycles. The van der Waals surface area contributed by atoms with Gasteiger partial charge in [0.25, 0.3) is 5.91 Å². The zero-order chi connectivity index (χ0) is 20.1. The van der Waals surface area contributed by atoms with Crippen molar-refractivity contribution in [1.82, 2.24) is 19.7 Å². The Morgan fingerprint density at radius 2 is 1.96 bits per heavy atom. The number of fused-ring (bicyclic) bond motifs is 1. The van der Waals surface area contributed by atoms with E-state index in [1.54, 1.807) is 28.8 Å². The summed E-state index contributed by atoms with van der Waals surface area (Å²) in [5, 5.41) is 9.91. The average Bonchev–Trinajstić information content (AvgIpc) is 2.83. The van der Waals surface area contributed by atoms with Gasteiger partial charge in [-0.05, 0) is 30.9 Å². The lowest BCUT2D eigenvalue weighted by Gasteiger charge is -2.12. The molecule has 2 amide bonds. The highest BCUT2D eigenvalue weighted by Crippen LogP contribution is 2.15. The fourth-order valence-electron chi connectivity index (χ4n) is 3.24. The van der Waals surface area contributed by atoms with Crippen molar-refractivity contribution in [3.05, 3.63) is 46.1 Å². The van der Waals surface area contributed by atoms with E-state index in [-0.39, 0.29) is 24.0 Å². The highest BCUT2D eigenvalue weighted by atomic mass is 16.2. The van der Waals surface area contributed by atoms with Crippen molar-refractivity contribution in [2.75, 3.05) is 11.9 Å². The van der Waals surface area contributed by atoms with Crippen LogP contribution < -0.4 is 16.3 Å². The highest BCUT2D eigenvalue weighted by molar-refractivity contribution is 6.03. The van der Waals surface area contributed by atoms with Gasteiger partial charge >= 0.3 is 5.69 Å². The number of nitrogens with one attached hydrogen (secondary N) is 2. The maximum atomic E-state index is 12.5. The van der Waals surface area contributed by atoms with Crippen molar-refractivity contribution in [1.29, 1.82) is 0 Å². The van der Waals surface area contributed by atoms with Crippen LogP contribution in [0, 0.1) is 5.92 Å². The molecular formula is C20H27N5O3. The topological polar surface area (TPSA) is 98.0 Å². The predicted octanol–water partition coefficient (Wildman–Crippen LogP) is 1.80. The Balaban J connectivity index is 1.71. The number of rotatable bonds is 6. The number of benzene rings is 1. The van der Waals surface area contributed by atoms with Crippen LogP contribution in [0.1, 0.15) is 49.3 Å². The molecule has 1 aromatic heterocycles. The quantitative estimate of drug-likeness (QED) is 0.792. The fraction of sp³-hybridized carbons (Fsp3) is 0.500. The molecule has 1 aromatic carbocycles. The first kappa shape index (κ1) is 19.9. The SMILES string of the molecule is CC(C)CNC(=O)c1ccccc1NC(=O)Cn1nc2n(c1=O)CCCCC2. The molecule has 0 unspecified atom stereocenters. The molecule has 1 aliphatic rings. The van der Waals surface area contributed by atoms with Crippen LogP contribution in [-0.2, 0) is 24.3 Å². The molecule has 0 atom stereocenters. The minimum atomic E-state index is -0.389. The van der Waals surface area contributed by atoms with Gasteiger partial charge in [-0.25, -0.2) is 9.48 Å². The van der Waals surface area contributed by atoms with Crippen molar-refractivity contribution in [3.8, 4) is 0 Å². The number of anilines is 1. The summed E-state index contributed by atoms with van der Waals surface area (Å²) in [6.07, 6.45) is 3.78. The number of hydrogen-bond donors (Lipinski definition) is 2. The van der Waals surface area contributed by atoms with Crippen molar-refractivity contribution < 1.29 is 9.59 Å². The summed E-state index contributed by atoms with van der Waals surface area (Å²) in [6, 6.07) is 6.83. The summed E-state index contributed by atoms with van der Waals surface area (Å²) in [5.41, 5.74) is 0.557. The minimum Gasteiger partial charge on any atom is -0.352 e. The molecule has 8 nitrogen and oxygen atoms in total. The largest absolute Gasteiger partial charge is 0.352 e. The number of para-hydroxylation sites is 1. The first-order valence-corrected chi connectivity index (χ1v) is 9.79. The van der Waals surface area contributed by atoms with Gasteiger partial charge in [-0.15, -0.1) is 0 Å². The van der Waals surface area contributed by atoms with Crippen LogP contribution in [0.4, 0.5) is 5.69 Å². The monoisotopic (exact) mass is 385 g/mol. The summed E-state index contributed by atoms with van der Waals surface area (Å²) in [6.45, 7) is 5.04. The maximum Gasteiger partial charge on any atom is 0.346 e. The van der Waals surface area contributed by atoms with E-state index >= 15 is 0 Å². The number of aromatic nitrogens is 3. The van der Waals surface area contributed by atoms with Gasteiger partial charge in [0.1, 0.15) is 12.4 Å². The van der Waals surface area contributed by atoms with Crippen molar-refractivity contribution in [2.24, 2.45) is 5.92 Å². The molecule has 2 aromatic rings. The lowest BCUT2D eigenvalue weighted by atomic mass is 10.1. The first-order chi connectivity index (χ1) is 13.5. The Kier molecular flexibility index (Phi) is 6.28. The number of amides is 2. The number of carbonyl (C=O) groups excluding carboxylic acids is 2. The third-order valence-corrected chi connectivity index (χ3v) is 4.69. The second-order valence-corrected chi connectivity index (χ2v) is 7.52. The van der Waals surface area contributed by atoms with Crippen LogP contribution in [0.3, 0.4) is 0 Å². The van der Waals surface area contributed by atoms with Gasteiger partial charge in [-0.1, -0.05) is 32.4 Å². The molecule has 8 heteroatoms. The standard InChI is InChI=1S/C20H27N5O3/c1-14(2)12-21-19(27)15-8-5-6-9-16(15)22-18(26)13-25-20(28)24-11-7-3-4-10-17(24)23-25/h5-6,8-9,14H,3-4,7,10-13H2,1-2H3,(H,21,27)(H,22,26). The molecule has 1 aliphatic heterocycles. The highest BCUT2D eigenvalue weighted by Gasteiger charge is 2.18. The van der Waals surface area contributed by atoms with Crippen LogP contribution in [0.2, 0.25) is 0 Å². The van der Waals surface area contributed by atoms with Crippen molar-refractivity contribution in [3.63, 3.8) is 0 Å². The van der Waals surface area contributed by atoms with Crippen LogP contribution in [-0.4, -0.2) is 32.7 Å². The minimum absolute atomic E-state index is 0.180. The normalized spacial score (nSPS) is 13.7. The number of carbonyl (C=O) groups is 2. The van der Waals surface area contributed by atoms with Crippen molar-refractivity contribution in [2.45, 2.75) is 52.6 Å². The Labute approximate surface area is 163 Å². The van der Waals surface area contributed by atoms with Gasteiger partial charge in [-0.3, -0.25) is 14.2 Å². The number of aryl methyl sites for hydroxylation is 1. The van der Waals surface area contributed by atoms with Crippen LogP contribution in [0.25, 0.3) is 0 Å². The lowest BCUT2D eigenvalue weighted by molar-refractivity contribution is -0.117. The van der Waals surface area contributed by atoms with E-state index in [2.05, 4.69) is 15.7 Å². The van der Waals surface area contributed by atoms with E-state index < -0.39 is 0 Å². The van der Waals surface area contributed by atoms with E-state index in [1.165, 1.54) is 4.68 Å². The summed E-state index contributed by atoms with van der Waals surface area (Å²) in [4.78, 5) is 37.4. The summed E-state index contributed by atoms with van der Waals surface area (Å²) >= 11 is 0. The second-order valence-electron chi connectivity index (χ2n) is 7.52. The first-order valence-electron chi connectivity index (χ1n) is 9.79. The van der Waals surface area contributed by atoms with E-state index in [4.69, 9.17) is 0 Å². The smallest absolute Gasteiger partial charge is 0.346 e. The zero-order valence-electron chi connectivity index (χ0n) is 16.4. The Morgan fingerprint density at radius 1 is 1.18 bits per heavy atom. The van der Waals surface area contributed by atoms with Gasteiger partial charge in [-0.2, -0.15) is 5.10 Å². The Morgan fingerprint density at radius 3 is 2.75 bits per heavy atom. The molecule has 28 heavy (non-hydrogen) atoms. The van der Waals surface area contributed by atoms with Crippen LogP contribution >= 0.6 is 0 Å². The zero-order valence-corrected chi connectivity index (χ0v) is 16.4. The third-order valence-electron chi connectivity index (χ3n) is 4.69. The molecule has 3 rings (SSSR count). The molecule has 0 radical (unpaired) electrons. The Hall–Kier alpha value is -2.90.